The molecular formula is C25H25BrF2N2O2. The van der Waals surface area contributed by atoms with Gasteiger partial charge in [-0.1, -0.05) is 52.3 Å². The third-order valence-electron chi connectivity index (χ3n) is 5.05. The smallest absolute Gasteiger partial charge is 0.217 e. The second-order valence-corrected chi connectivity index (χ2v) is 8.57. The van der Waals surface area contributed by atoms with Gasteiger partial charge in [-0.2, -0.15) is 0 Å². The molecule has 0 aliphatic heterocycles. The maximum absolute atomic E-state index is 13.5. The number of carbonyl (C=O) groups is 1. The van der Waals surface area contributed by atoms with E-state index in [4.69, 9.17) is 0 Å². The Morgan fingerprint density at radius 2 is 1.72 bits per heavy atom. The molecule has 1 amide bonds. The van der Waals surface area contributed by atoms with E-state index in [1.807, 2.05) is 48.5 Å². The SMILES string of the molecule is CC(=O)N[C@@H](Cc1cc(F)cc(F)c1)[C@H](O)CNCc1cc(Br)ccc1-c1ccccc1. The molecule has 0 bridgehead atoms. The monoisotopic (exact) mass is 502 g/mol. The third-order valence-corrected chi connectivity index (χ3v) is 5.55. The fourth-order valence-electron chi connectivity index (χ4n) is 3.63. The summed E-state index contributed by atoms with van der Waals surface area (Å²) in [6.07, 6.45) is -0.860. The summed E-state index contributed by atoms with van der Waals surface area (Å²) in [5.41, 5.74) is 3.56. The molecular weight excluding hydrogens is 478 g/mol. The molecule has 0 aliphatic carbocycles. The zero-order chi connectivity index (χ0) is 23.1. The number of benzene rings is 3. The second-order valence-electron chi connectivity index (χ2n) is 7.65. The number of carbonyl (C=O) groups excluding carboxylic acids is 1. The van der Waals surface area contributed by atoms with Crippen molar-refractivity contribution in [3.05, 3.63) is 94.0 Å². The van der Waals surface area contributed by atoms with Crippen LogP contribution >= 0.6 is 15.9 Å². The average Bonchev–Trinajstić information content (AvgIpc) is 2.73. The van der Waals surface area contributed by atoms with Crippen molar-refractivity contribution in [3.8, 4) is 11.1 Å². The van der Waals surface area contributed by atoms with E-state index in [1.54, 1.807) is 0 Å². The van der Waals surface area contributed by atoms with Crippen LogP contribution < -0.4 is 10.6 Å². The van der Waals surface area contributed by atoms with E-state index in [2.05, 4.69) is 26.6 Å². The number of hydrogen-bond acceptors (Lipinski definition) is 3. The first kappa shape index (κ1) is 24.0. The maximum atomic E-state index is 13.5. The number of aliphatic hydroxyl groups excluding tert-OH is 1. The lowest BCUT2D eigenvalue weighted by Gasteiger charge is -2.24. The van der Waals surface area contributed by atoms with Crippen molar-refractivity contribution in [2.45, 2.75) is 32.0 Å². The van der Waals surface area contributed by atoms with Gasteiger partial charge < -0.3 is 15.7 Å². The standard InChI is InChI=1S/C25H25BrF2N2O2/c1-16(31)30-24(11-17-9-21(27)13-22(28)10-17)25(32)15-29-14-19-12-20(26)7-8-23(19)18-5-3-2-4-6-18/h2-10,12-13,24-25,29,32H,11,14-15H2,1H3,(H,30,31)/t24-,25+/m0/s1. The third kappa shape index (κ3) is 6.95. The van der Waals surface area contributed by atoms with Crippen LogP contribution in [0.3, 0.4) is 0 Å². The number of halogens is 3. The molecule has 0 unspecified atom stereocenters. The molecule has 3 aromatic rings. The number of rotatable bonds is 9. The second kappa shape index (κ2) is 11.3. The maximum Gasteiger partial charge on any atom is 0.217 e. The Balaban J connectivity index is 1.68. The largest absolute Gasteiger partial charge is 0.390 e. The molecule has 2 atom stereocenters. The Hall–Kier alpha value is -2.61. The van der Waals surface area contributed by atoms with Crippen LogP contribution in [0.2, 0.25) is 0 Å². The van der Waals surface area contributed by atoms with Gasteiger partial charge in [0.2, 0.25) is 5.91 Å². The van der Waals surface area contributed by atoms with Gasteiger partial charge >= 0.3 is 0 Å². The Kier molecular flexibility index (Phi) is 8.50. The lowest BCUT2D eigenvalue weighted by molar-refractivity contribution is -0.120. The normalized spacial score (nSPS) is 12.9. The van der Waals surface area contributed by atoms with Crippen LogP contribution in [0.5, 0.6) is 0 Å². The quantitative estimate of drug-likeness (QED) is 0.401. The molecule has 0 saturated heterocycles. The Bertz CT molecular complexity index is 1040. The fraction of sp³-hybridized carbons (Fsp3) is 0.240. The van der Waals surface area contributed by atoms with Crippen LogP contribution in [-0.4, -0.2) is 29.7 Å². The molecule has 0 fully saturated rings. The molecule has 0 aromatic heterocycles. The van der Waals surface area contributed by atoms with Gasteiger partial charge in [-0.05, 0) is 52.9 Å². The predicted molar refractivity (Wildman–Crippen MR) is 125 cm³/mol. The van der Waals surface area contributed by atoms with E-state index in [0.717, 1.165) is 27.2 Å². The summed E-state index contributed by atoms with van der Waals surface area (Å²) in [5, 5.41) is 16.6. The minimum atomic E-state index is -0.961. The summed E-state index contributed by atoms with van der Waals surface area (Å²) >= 11 is 3.50. The van der Waals surface area contributed by atoms with E-state index in [0.29, 0.717) is 12.1 Å². The first-order valence-corrected chi connectivity index (χ1v) is 11.1. The van der Waals surface area contributed by atoms with E-state index >= 15 is 0 Å². The number of aliphatic hydroxyl groups is 1. The van der Waals surface area contributed by atoms with Gasteiger partial charge in [-0.3, -0.25) is 4.79 Å². The summed E-state index contributed by atoms with van der Waals surface area (Å²) in [6.45, 7) is 2.01. The summed E-state index contributed by atoms with van der Waals surface area (Å²) in [6, 6.07) is 18.5. The van der Waals surface area contributed by atoms with Gasteiger partial charge in [0.25, 0.3) is 0 Å². The molecule has 3 rings (SSSR count). The van der Waals surface area contributed by atoms with E-state index in [-0.39, 0.29) is 18.9 Å². The van der Waals surface area contributed by atoms with Crippen molar-refractivity contribution in [2.24, 2.45) is 0 Å². The highest BCUT2D eigenvalue weighted by molar-refractivity contribution is 9.10. The molecule has 3 aromatic carbocycles. The molecule has 3 N–H and O–H groups in total. The fourth-order valence-corrected chi connectivity index (χ4v) is 4.04. The van der Waals surface area contributed by atoms with Crippen molar-refractivity contribution < 1.29 is 18.7 Å². The van der Waals surface area contributed by atoms with E-state index < -0.39 is 23.8 Å². The molecule has 0 saturated carbocycles. The summed E-state index contributed by atoms with van der Waals surface area (Å²) in [7, 11) is 0. The summed E-state index contributed by atoms with van der Waals surface area (Å²) in [5.74, 6) is -1.72. The summed E-state index contributed by atoms with van der Waals surface area (Å²) in [4.78, 5) is 11.6. The predicted octanol–water partition coefficient (Wildman–Crippen LogP) is 4.59. The zero-order valence-corrected chi connectivity index (χ0v) is 19.2. The average molecular weight is 503 g/mol. The van der Waals surface area contributed by atoms with Crippen LogP contribution in [0.4, 0.5) is 8.78 Å². The first-order chi connectivity index (χ1) is 15.3. The van der Waals surface area contributed by atoms with E-state index in [1.165, 1.54) is 19.1 Å². The zero-order valence-electron chi connectivity index (χ0n) is 17.6. The molecule has 0 heterocycles. The van der Waals surface area contributed by atoms with Gasteiger partial charge in [-0.15, -0.1) is 0 Å². The van der Waals surface area contributed by atoms with Crippen LogP contribution in [0.25, 0.3) is 11.1 Å². The number of amides is 1. The van der Waals surface area contributed by atoms with Crippen molar-refractivity contribution in [1.29, 1.82) is 0 Å². The summed E-state index contributed by atoms with van der Waals surface area (Å²) < 4.78 is 28.0. The van der Waals surface area contributed by atoms with Crippen molar-refractivity contribution in [2.75, 3.05) is 6.54 Å². The van der Waals surface area contributed by atoms with Crippen molar-refractivity contribution in [1.82, 2.24) is 10.6 Å². The van der Waals surface area contributed by atoms with Gasteiger partial charge in [0.15, 0.2) is 0 Å². The first-order valence-electron chi connectivity index (χ1n) is 10.3. The van der Waals surface area contributed by atoms with Crippen LogP contribution in [-0.2, 0) is 17.8 Å². The van der Waals surface area contributed by atoms with Gasteiger partial charge in [-0.25, -0.2) is 8.78 Å². The Morgan fingerprint density at radius 1 is 1.03 bits per heavy atom. The van der Waals surface area contributed by atoms with Crippen LogP contribution in [0.15, 0.2) is 71.2 Å². The Morgan fingerprint density at radius 3 is 2.38 bits per heavy atom. The van der Waals surface area contributed by atoms with E-state index in [9.17, 15) is 18.7 Å². The molecule has 0 aliphatic rings. The van der Waals surface area contributed by atoms with Gasteiger partial charge in [0, 0.05) is 30.6 Å². The van der Waals surface area contributed by atoms with Crippen LogP contribution in [0.1, 0.15) is 18.1 Å². The topological polar surface area (TPSA) is 61.4 Å². The Labute approximate surface area is 194 Å². The minimum absolute atomic E-state index is 0.100. The molecule has 0 radical (unpaired) electrons. The minimum Gasteiger partial charge on any atom is -0.390 e. The highest BCUT2D eigenvalue weighted by atomic mass is 79.9. The molecule has 7 heteroatoms. The van der Waals surface area contributed by atoms with Crippen LogP contribution in [0, 0.1) is 11.6 Å². The van der Waals surface area contributed by atoms with Gasteiger partial charge in [0.1, 0.15) is 11.6 Å². The molecule has 0 spiro atoms. The van der Waals surface area contributed by atoms with Crippen molar-refractivity contribution >= 4 is 21.8 Å². The lowest BCUT2D eigenvalue weighted by atomic mass is 9.99. The molecule has 4 nitrogen and oxygen atoms in total. The molecule has 168 valence electrons. The molecule has 32 heavy (non-hydrogen) atoms. The van der Waals surface area contributed by atoms with Crippen molar-refractivity contribution in [3.63, 3.8) is 0 Å². The highest BCUT2D eigenvalue weighted by Gasteiger charge is 2.21. The highest BCUT2D eigenvalue weighted by Crippen LogP contribution is 2.26. The number of nitrogens with one attached hydrogen (secondary N) is 2. The van der Waals surface area contributed by atoms with Gasteiger partial charge in [0.05, 0.1) is 12.1 Å². The lowest BCUT2D eigenvalue weighted by Crippen LogP contribution is -2.48. The number of hydrogen-bond donors (Lipinski definition) is 3.